The Bertz CT molecular complexity index is 333. The quantitative estimate of drug-likeness (QED) is 0.677. The second kappa shape index (κ2) is 6.94. The number of hydrogen-bond donors (Lipinski definition) is 0. The lowest BCUT2D eigenvalue weighted by Gasteiger charge is -2.05. The Labute approximate surface area is 96.7 Å². The van der Waals surface area contributed by atoms with Crippen LogP contribution in [0.3, 0.4) is 0 Å². The van der Waals surface area contributed by atoms with Gasteiger partial charge >= 0.3 is 0 Å². The van der Waals surface area contributed by atoms with Gasteiger partial charge < -0.3 is 0 Å². The van der Waals surface area contributed by atoms with Crippen molar-refractivity contribution in [2.45, 2.75) is 39.0 Å². The maximum absolute atomic E-state index is 10.6. The van der Waals surface area contributed by atoms with E-state index in [2.05, 4.69) is 0 Å². The summed E-state index contributed by atoms with van der Waals surface area (Å²) in [6, 6.07) is 9.23. The Hall–Kier alpha value is -1.44. The maximum Gasteiger partial charge on any atom is 0.159 e. The van der Waals surface area contributed by atoms with Crippen LogP contribution < -0.4 is 0 Å². The van der Waals surface area contributed by atoms with Gasteiger partial charge in [-0.2, -0.15) is 0 Å². The van der Waals surface area contributed by atoms with Gasteiger partial charge in [0.25, 0.3) is 0 Å². The molecule has 2 nitrogen and oxygen atoms in total. The highest BCUT2D eigenvalue weighted by atomic mass is 16.1. The van der Waals surface area contributed by atoms with Gasteiger partial charge in [0, 0.05) is 18.4 Å². The molecule has 0 atom stereocenters. The fourth-order valence-electron chi connectivity index (χ4n) is 1.62. The van der Waals surface area contributed by atoms with Crippen LogP contribution in [0.2, 0.25) is 0 Å². The van der Waals surface area contributed by atoms with Crippen molar-refractivity contribution in [2.75, 3.05) is 0 Å². The van der Waals surface area contributed by atoms with Crippen LogP contribution in [0.15, 0.2) is 30.3 Å². The first kappa shape index (κ1) is 12.6. The summed E-state index contributed by atoms with van der Waals surface area (Å²) in [5.74, 6) is 0.585. The van der Waals surface area contributed by atoms with Crippen molar-refractivity contribution >= 4 is 11.6 Å². The number of Topliss-reactive ketones (excluding diaryl/α,β-unsaturated/α-hetero) is 2. The van der Waals surface area contributed by atoms with Gasteiger partial charge in [-0.25, -0.2) is 0 Å². The van der Waals surface area contributed by atoms with E-state index < -0.39 is 0 Å². The second-order valence-electron chi connectivity index (χ2n) is 4.02. The monoisotopic (exact) mass is 218 g/mol. The summed E-state index contributed by atoms with van der Waals surface area (Å²) in [5.41, 5.74) is 0.775. The average Bonchev–Trinajstić information content (AvgIpc) is 2.32. The van der Waals surface area contributed by atoms with Crippen LogP contribution in [0.25, 0.3) is 0 Å². The van der Waals surface area contributed by atoms with Crippen LogP contribution in [-0.4, -0.2) is 11.6 Å². The number of hydrogen-bond acceptors (Lipinski definition) is 2. The first-order chi connectivity index (χ1) is 7.70. The largest absolute Gasteiger partial charge is 0.300 e. The third kappa shape index (κ3) is 4.87. The van der Waals surface area contributed by atoms with Gasteiger partial charge in [0.2, 0.25) is 0 Å². The number of ketones is 2. The van der Waals surface area contributed by atoms with Crippen LogP contribution in [0.5, 0.6) is 0 Å². The molecule has 0 heterocycles. The van der Waals surface area contributed by atoms with E-state index >= 15 is 0 Å². The Balaban J connectivity index is 0.000000165. The zero-order valence-corrected chi connectivity index (χ0v) is 9.74. The number of rotatable bonds is 1. The van der Waals surface area contributed by atoms with Gasteiger partial charge in [0.15, 0.2) is 5.78 Å². The minimum Gasteiger partial charge on any atom is -0.300 e. The molecule has 0 N–H and O–H groups in total. The predicted molar refractivity (Wildman–Crippen MR) is 64.5 cm³/mol. The molecule has 86 valence electrons. The smallest absolute Gasteiger partial charge is 0.159 e. The number of carbonyl (C=O) groups excluding carboxylic acids is 2. The van der Waals surface area contributed by atoms with E-state index in [-0.39, 0.29) is 5.78 Å². The molecule has 1 aromatic carbocycles. The molecule has 0 radical (unpaired) electrons. The van der Waals surface area contributed by atoms with E-state index in [1.165, 1.54) is 6.42 Å². The molecule has 0 aromatic heterocycles. The maximum atomic E-state index is 10.6. The molecule has 0 aliphatic heterocycles. The fourth-order valence-corrected chi connectivity index (χ4v) is 1.62. The van der Waals surface area contributed by atoms with Crippen molar-refractivity contribution in [1.82, 2.24) is 0 Å². The Morgan fingerprint density at radius 1 is 1.00 bits per heavy atom. The third-order valence-electron chi connectivity index (χ3n) is 2.59. The van der Waals surface area contributed by atoms with Gasteiger partial charge in [0.1, 0.15) is 5.78 Å². The van der Waals surface area contributed by atoms with Crippen molar-refractivity contribution in [3.05, 3.63) is 35.9 Å². The van der Waals surface area contributed by atoms with Crippen molar-refractivity contribution in [3.63, 3.8) is 0 Å². The molecule has 1 fully saturated rings. The van der Waals surface area contributed by atoms with E-state index in [1.807, 2.05) is 30.3 Å². The van der Waals surface area contributed by atoms with Crippen LogP contribution >= 0.6 is 0 Å². The SMILES string of the molecule is CC(=O)c1ccccc1.O=C1CCCCC1. The summed E-state index contributed by atoms with van der Waals surface area (Å²) >= 11 is 0. The molecule has 0 amide bonds. The number of carbonyl (C=O) groups is 2. The van der Waals surface area contributed by atoms with Crippen molar-refractivity contribution in [1.29, 1.82) is 0 Å². The minimum absolute atomic E-state index is 0.121. The molecule has 0 bridgehead atoms. The van der Waals surface area contributed by atoms with Crippen LogP contribution in [0.1, 0.15) is 49.4 Å². The van der Waals surface area contributed by atoms with Crippen molar-refractivity contribution in [3.8, 4) is 0 Å². The van der Waals surface area contributed by atoms with Gasteiger partial charge in [-0.15, -0.1) is 0 Å². The molecule has 2 heteroatoms. The van der Waals surface area contributed by atoms with Gasteiger partial charge in [-0.05, 0) is 19.8 Å². The molecule has 0 saturated heterocycles. The highest BCUT2D eigenvalue weighted by Gasteiger charge is 2.05. The molecule has 2 rings (SSSR count). The lowest BCUT2D eigenvalue weighted by atomic mass is 10.00. The van der Waals surface area contributed by atoms with Crippen LogP contribution in [0.4, 0.5) is 0 Å². The van der Waals surface area contributed by atoms with Gasteiger partial charge in [-0.3, -0.25) is 9.59 Å². The van der Waals surface area contributed by atoms with E-state index in [0.717, 1.165) is 31.2 Å². The standard InChI is InChI=1S/C8H8O.C6H10O/c1-7(9)8-5-3-2-4-6-8;7-6-4-2-1-3-5-6/h2-6H,1H3;1-5H2. The molecule has 1 aliphatic rings. The lowest BCUT2D eigenvalue weighted by molar-refractivity contribution is -0.120. The lowest BCUT2D eigenvalue weighted by Crippen LogP contribution is -2.02. The van der Waals surface area contributed by atoms with E-state index in [1.54, 1.807) is 6.92 Å². The molecule has 0 spiro atoms. The summed E-state index contributed by atoms with van der Waals surface area (Å²) in [5, 5.41) is 0. The molecular formula is C14H18O2. The minimum atomic E-state index is 0.121. The van der Waals surface area contributed by atoms with Crippen molar-refractivity contribution < 1.29 is 9.59 Å². The van der Waals surface area contributed by atoms with E-state index in [9.17, 15) is 9.59 Å². The van der Waals surface area contributed by atoms with Gasteiger partial charge in [-0.1, -0.05) is 36.8 Å². The van der Waals surface area contributed by atoms with Crippen LogP contribution in [0, 0.1) is 0 Å². The topological polar surface area (TPSA) is 34.1 Å². The molecule has 0 unspecified atom stereocenters. The first-order valence-corrected chi connectivity index (χ1v) is 5.78. The average molecular weight is 218 g/mol. The van der Waals surface area contributed by atoms with Gasteiger partial charge in [0.05, 0.1) is 0 Å². The highest BCUT2D eigenvalue weighted by molar-refractivity contribution is 5.93. The van der Waals surface area contributed by atoms with Crippen LogP contribution in [-0.2, 0) is 4.79 Å². The Morgan fingerprint density at radius 3 is 1.88 bits per heavy atom. The Morgan fingerprint density at radius 2 is 1.56 bits per heavy atom. The molecule has 16 heavy (non-hydrogen) atoms. The molecular weight excluding hydrogens is 200 g/mol. The highest BCUT2D eigenvalue weighted by Crippen LogP contribution is 2.12. The summed E-state index contributed by atoms with van der Waals surface area (Å²) < 4.78 is 0. The van der Waals surface area contributed by atoms with Crippen molar-refractivity contribution in [2.24, 2.45) is 0 Å². The molecule has 1 saturated carbocycles. The third-order valence-corrected chi connectivity index (χ3v) is 2.59. The number of benzene rings is 1. The fraction of sp³-hybridized carbons (Fsp3) is 0.429. The van der Waals surface area contributed by atoms with E-state index in [4.69, 9.17) is 0 Å². The normalized spacial score (nSPS) is 14.9. The summed E-state index contributed by atoms with van der Waals surface area (Å²) in [6.07, 6.45) is 5.24. The summed E-state index contributed by atoms with van der Waals surface area (Å²) in [6.45, 7) is 1.56. The summed E-state index contributed by atoms with van der Waals surface area (Å²) in [4.78, 5) is 21.1. The zero-order valence-electron chi connectivity index (χ0n) is 9.74. The predicted octanol–water partition coefficient (Wildman–Crippen LogP) is 3.41. The zero-order chi connectivity index (χ0) is 11.8. The van der Waals surface area contributed by atoms with E-state index in [0.29, 0.717) is 5.78 Å². The first-order valence-electron chi connectivity index (χ1n) is 5.78. The second-order valence-corrected chi connectivity index (χ2v) is 4.02. The molecule has 1 aromatic rings. The molecule has 1 aliphatic carbocycles. The Kier molecular flexibility index (Phi) is 5.48. The summed E-state index contributed by atoms with van der Waals surface area (Å²) in [7, 11) is 0.